The Balaban J connectivity index is 2.44. The van der Waals surface area contributed by atoms with E-state index in [1.165, 1.54) is 0 Å². The molecule has 0 unspecified atom stereocenters. The molecule has 1 N–H and O–H groups in total. The van der Waals surface area contributed by atoms with Gasteiger partial charge in [0.05, 0.1) is 18.2 Å². The molecule has 0 aliphatic carbocycles. The minimum absolute atomic E-state index is 0.0157. The largest absolute Gasteiger partial charge is 0.331 e. The van der Waals surface area contributed by atoms with E-state index in [4.69, 9.17) is 0 Å². The second kappa shape index (κ2) is 2.23. The second-order valence-electron chi connectivity index (χ2n) is 2.35. The predicted octanol–water partition coefficient (Wildman–Crippen LogP) is -0.0164. The average Bonchev–Trinajstić information content (AvgIpc) is 2.31. The van der Waals surface area contributed by atoms with Crippen LogP contribution in [0.1, 0.15) is 5.69 Å². The molecule has 0 atom stereocenters. The summed E-state index contributed by atoms with van der Waals surface area (Å²) in [5.74, 6) is -0.0157. The predicted molar refractivity (Wildman–Crippen MR) is 39.4 cm³/mol. The Morgan fingerprint density at radius 1 is 1.64 bits per heavy atom. The van der Waals surface area contributed by atoms with Gasteiger partial charge in [0.15, 0.2) is 0 Å². The Kier molecular flexibility index (Phi) is 1.25. The van der Waals surface area contributed by atoms with Crippen LogP contribution in [0.5, 0.6) is 0 Å². The molecule has 0 radical (unpaired) electrons. The van der Waals surface area contributed by atoms with Crippen LogP contribution in [0.4, 0.5) is 0 Å². The summed E-state index contributed by atoms with van der Waals surface area (Å²) >= 11 is 0. The minimum atomic E-state index is -0.0157. The van der Waals surface area contributed by atoms with Crippen LogP contribution in [-0.2, 0) is 11.3 Å². The fourth-order valence-corrected chi connectivity index (χ4v) is 1.02. The van der Waals surface area contributed by atoms with Gasteiger partial charge in [-0.3, -0.25) is 4.79 Å². The maximum absolute atomic E-state index is 10.9. The Bertz CT molecular complexity index is 313. The van der Waals surface area contributed by atoms with Crippen LogP contribution in [0.3, 0.4) is 0 Å². The molecule has 0 saturated carbocycles. The summed E-state index contributed by atoms with van der Waals surface area (Å²) in [5, 5.41) is 2.61. The van der Waals surface area contributed by atoms with E-state index < -0.39 is 0 Å². The molecule has 1 amide bonds. The van der Waals surface area contributed by atoms with Gasteiger partial charge in [0, 0.05) is 6.20 Å². The van der Waals surface area contributed by atoms with E-state index in [1.807, 2.05) is 6.08 Å². The van der Waals surface area contributed by atoms with E-state index in [1.54, 1.807) is 23.3 Å². The fraction of sp³-hybridized carbons (Fsp3) is 0.143. The monoisotopic (exact) mass is 149 g/mol. The highest BCUT2D eigenvalue weighted by molar-refractivity contribution is 5.78. The third-order valence-corrected chi connectivity index (χ3v) is 1.56. The molecule has 56 valence electrons. The lowest BCUT2D eigenvalue weighted by molar-refractivity contribution is -0.120. The van der Waals surface area contributed by atoms with Gasteiger partial charge in [0.25, 0.3) is 0 Å². The molecule has 4 heteroatoms. The molecule has 0 spiro atoms. The van der Waals surface area contributed by atoms with Crippen LogP contribution in [0.25, 0.3) is 6.08 Å². The maximum atomic E-state index is 10.9. The standard InChI is InChI=1S/C7H7N3O/c11-7-4-10-5-8-3-6(10)1-2-9-7/h1-3,5H,4H2,(H,9,11). The van der Waals surface area contributed by atoms with Crippen molar-refractivity contribution in [1.82, 2.24) is 14.9 Å². The highest BCUT2D eigenvalue weighted by Gasteiger charge is 2.06. The van der Waals surface area contributed by atoms with Gasteiger partial charge in [-0.2, -0.15) is 0 Å². The zero-order chi connectivity index (χ0) is 7.68. The van der Waals surface area contributed by atoms with Gasteiger partial charge in [0.1, 0.15) is 6.54 Å². The van der Waals surface area contributed by atoms with Gasteiger partial charge < -0.3 is 9.88 Å². The van der Waals surface area contributed by atoms with E-state index in [2.05, 4.69) is 10.3 Å². The zero-order valence-electron chi connectivity index (χ0n) is 5.82. The van der Waals surface area contributed by atoms with Crippen LogP contribution < -0.4 is 5.32 Å². The van der Waals surface area contributed by atoms with Crippen molar-refractivity contribution in [3.05, 3.63) is 24.4 Å². The first-order valence-electron chi connectivity index (χ1n) is 3.32. The fourth-order valence-electron chi connectivity index (χ4n) is 1.02. The number of nitrogens with zero attached hydrogens (tertiary/aromatic N) is 2. The normalized spacial score (nSPS) is 15.5. The lowest BCUT2D eigenvalue weighted by Gasteiger charge is -1.98. The summed E-state index contributed by atoms with van der Waals surface area (Å²) in [6, 6.07) is 0. The van der Waals surface area contributed by atoms with Gasteiger partial charge in [-0.05, 0) is 6.08 Å². The molecule has 0 fully saturated rings. The number of fused-ring (bicyclic) bond motifs is 1. The van der Waals surface area contributed by atoms with E-state index >= 15 is 0 Å². The summed E-state index contributed by atoms with van der Waals surface area (Å²) in [5.41, 5.74) is 0.948. The van der Waals surface area contributed by atoms with Crippen molar-refractivity contribution in [2.75, 3.05) is 0 Å². The van der Waals surface area contributed by atoms with E-state index in [-0.39, 0.29) is 5.91 Å². The molecule has 1 aliphatic heterocycles. The van der Waals surface area contributed by atoms with Gasteiger partial charge in [-0.15, -0.1) is 0 Å². The first-order valence-corrected chi connectivity index (χ1v) is 3.32. The van der Waals surface area contributed by atoms with Gasteiger partial charge in [-0.25, -0.2) is 4.98 Å². The van der Waals surface area contributed by atoms with Gasteiger partial charge in [-0.1, -0.05) is 0 Å². The lowest BCUT2D eigenvalue weighted by Crippen LogP contribution is -2.20. The van der Waals surface area contributed by atoms with E-state index in [0.29, 0.717) is 6.54 Å². The quantitative estimate of drug-likeness (QED) is 0.563. The van der Waals surface area contributed by atoms with Crippen LogP contribution in [-0.4, -0.2) is 15.5 Å². The van der Waals surface area contributed by atoms with Crippen molar-refractivity contribution >= 4 is 12.0 Å². The summed E-state index contributed by atoms with van der Waals surface area (Å²) in [7, 11) is 0. The second-order valence-corrected chi connectivity index (χ2v) is 2.35. The third-order valence-electron chi connectivity index (χ3n) is 1.56. The molecular weight excluding hydrogens is 142 g/mol. The van der Waals surface area contributed by atoms with Gasteiger partial charge in [0.2, 0.25) is 5.91 Å². The Hall–Kier alpha value is -1.58. The highest BCUT2D eigenvalue weighted by Crippen LogP contribution is 2.03. The number of carbonyl (C=O) groups is 1. The average molecular weight is 149 g/mol. The van der Waals surface area contributed by atoms with Crippen LogP contribution in [0, 0.1) is 0 Å². The van der Waals surface area contributed by atoms with E-state index in [0.717, 1.165) is 5.69 Å². The van der Waals surface area contributed by atoms with Crippen molar-refractivity contribution in [2.24, 2.45) is 0 Å². The molecule has 0 bridgehead atoms. The Morgan fingerprint density at radius 3 is 3.45 bits per heavy atom. The third kappa shape index (κ3) is 1.02. The van der Waals surface area contributed by atoms with Crippen LogP contribution >= 0.6 is 0 Å². The zero-order valence-corrected chi connectivity index (χ0v) is 5.82. The SMILES string of the molecule is O=C1Cn2cncc2C=CN1. The molecule has 11 heavy (non-hydrogen) atoms. The maximum Gasteiger partial charge on any atom is 0.243 e. The smallest absolute Gasteiger partial charge is 0.243 e. The van der Waals surface area contributed by atoms with Crippen molar-refractivity contribution in [1.29, 1.82) is 0 Å². The van der Waals surface area contributed by atoms with Crippen LogP contribution in [0.15, 0.2) is 18.7 Å². The molecule has 2 rings (SSSR count). The highest BCUT2D eigenvalue weighted by atomic mass is 16.1. The molecule has 1 aliphatic rings. The number of hydrogen-bond donors (Lipinski definition) is 1. The molecule has 0 aromatic carbocycles. The molecular formula is C7H7N3O. The number of aromatic nitrogens is 2. The summed E-state index contributed by atoms with van der Waals surface area (Å²) in [6.45, 7) is 0.350. The summed E-state index contributed by atoms with van der Waals surface area (Å²) in [4.78, 5) is 14.8. The topological polar surface area (TPSA) is 46.9 Å². The molecule has 0 saturated heterocycles. The number of nitrogens with one attached hydrogen (secondary N) is 1. The molecule has 1 aromatic rings. The minimum Gasteiger partial charge on any atom is -0.331 e. The molecule has 1 aromatic heterocycles. The van der Waals surface area contributed by atoms with Crippen LogP contribution in [0.2, 0.25) is 0 Å². The Morgan fingerprint density at radius 2 is 2.55 bits per heavy atom. The molecule has 4 nitrogen and oxygen atoms in total. The first-order chi connectivity index (χ1) is 5.36. The summed E-state index contributed by atoms with van der Waals surface area (Å²) in [6.07, 6.45) is 6.81. The Labute approximate surface area is 63.5 Å². The van der Waals surface area contributed by atoms with Crippen molar-refractivity contribution in [2.45, 2.75) is 6.54 Å². The van der Waals surface area contributed by atoms with Crippen molar-refractivity contribution < 1.29 is 4.79 Å². The number of amides is 1. The van der Waals surface area contributed by atoms with E-state index in [9.17, 15) is 4.79 Å². The lowest BCUT2D eigenvalue weighted by atomic mass is 10.4. The van der Waals surface area contributed by atoms with Gasteiger partial charge >= 0.3 is 0 Å². The number of rotatable bonds is 0. The van der Waals surface area contributed by atoms with Crippen molar-refractivity contribution in [3.8, 4) is 0 Å². The summed E-state index contributed by atoms with van der Waals surface area (Å²) < 4.78 is 1.79. The van der Waals surface area contributed by atoms with Crippen molar-refractivity contribution in [3.63, 3.8) is 0 Å². The number of hydrogen-bond acceptors (Lipinski definition) is 2. The number of imidazole rings is 1. The molecule has 2 heterocycles. The number of carbonyl (C=O) groups excluding carboxylic acids is 1. The first kappa shape index (κ1) is 6.15.